The molecule has 5 heteroatoms. The van der Waals surface area contributed by atoms with Gasteiger partial charge < -0.3 is 15.4 Å². The summed E-state index contributed by atoms with van der Waals surface area (Å²) in [5.74, 6) is -0.288. The molecule has 1 rings (SSSR count). The molecule has 1 aliphatic rings. The molecular formula is C11H20N2O3. The number of hydrogen-bond donors (Lipinski definition) is 2. The molecule has 16 heavy (non-hydrogen) atoms. The molecule has 1 saturated heterocycles. The van der Waals surface area contributed by atoms with Crippen LogP contribution in [0.15, 0.2) is 0 Å². The van der Waals surface area contributed by atoms with Crippen molar-refractivity contribution in [3.63, 3.8) is 0 Å². The normalized spacial score (nSPS) is 23.1. The lowest BCUT2D eigenvalue weighted by molar-refractivity contribution is -0.135. The number of carbonyl (C=O) groups excluding carboxylic acids is 2. The summed E-state index contributed by atoms with van der Waals surface area (Å²) >= 11 is 0. The summed E-state index contributed by atoms with van der Waals surface area (Å²) in [6.07, 6.45) is 2.78. The summed E-state index contributed by atoms with van der Waals surface area (Å²) in [6, 6.07) is -0.404. The third kappa shape index (κ3) is 3.48. The zero-order chi connectivity index (χ0) is 12.0. The first-order valence-corrected chi connectivity index (χ1v) is 5.80. The van der Waals surface area contributed by atoms with Crippen molar-refractivity contribution < 1.29 is 14.3 Å². The fourth-order valence-electron chi connectivity index (χ4n) is 1.80. The molecule has 0 aromatic heterocycles. The Balaban J connectivity index is 2.50. The largest absolute Gasteiger partial charge is 0.372 e. The van der Waals surface area contributed by atoms with E-state index in [1.165, 1.54) is 7.11 Å². The van der Waals surface area contributed by atoms with Crippen LogP contribution in [0.25, 0.3) is 0 Å². The van der Waals surface area contributed by atoms with E-state index in [4.69, 9.17) is 4.74 Å². The van der Waals surface area contributed by atoms with Crippen LogP contribution in [0.3, 0.4) is 0 Å². The Morgan fingerprint density at radius 3 is 3.00 bits per heavy atom. The Kier molecular flexibility index (Phi) is 5.25. The van der Waals surface area contributed by atoms with E-state index in [1.807, 2.05) is 6.92 Å². The number of hydrogen-bond acceptors (Lipinski definition) is 3. The minimum absolute atomic E-state index is 0.0863. The van der Waals surface area contributed by atoms with Gasteiger partial charge in [0.1, 0.15) is 12.1 Å². The van der Waals surface area contributed by atoms with Crippen LogP contribution in [0.1, 0.15) is 32.6 Å². The molecule has 0 radical (unpaired) electrons. The highest BCUT2D eigenvalue weighted by atomic mass is 16.5. The lowest BCUT2D eigenvalue weighted by Gasteiger charge is -2.19. The summed E-state index contributed by atoms with van der Waals surface area (Å²) in [4.78, 5) is 23.3. The Morgan fingerprint density at radius 1 is 1.62 bits per heavy atom. The second kappa shape index (κ2) is 6.48. The average molecular weight is 228 g/mol. The summed E-state index contributed by atoms with van der Waals surface area (Å²) in [7, 11) is 1.50. The number of rotatable bonds is 4. The first-order chi connectivity index (χ1) is 7.69. The van der Waals surface area contributed by atoms with Gasteiger partial charge in [0, 0.05) is 13.7 Å². The molecule has 0 saturated carbocycles. The van der Waals surface area contributed by atoms with Crippen molar-refractivity contribution in [2.45, 2.75) is 44.8 Å². The van der Waals surface area contributed by atoms with Crippen molar-refractivity contribution in [1.29, 1.82) is 0 Å². The minimum atomic E-state index is -0.462. The maximum absolute atomic E-state index is 11.7. The van der Waals surface area contributed by atoms with Gasteiger partial charge in [0.05, 0.1) is 0 Å². The highest BCUT2D eigenvalue weighted by Gasteiger charge is 2.25. The highest BCUT2D eigenvalue weighted by Crippen LogP contribution is 2.06. The number of methoxy groups -OCH3 is 1. The second-order valence-corrected chi connectivity index (χ2v) is 3.98. The van der Waals surface area contributed by atoms with Crippen LogP contribution in [-0.2, 0) is 14.3 Å². The van der Waals surface area contributed by atoms with Gasteiger partial charge in [-0.15, -0.1) is 0 Å². The lowest BCUT2D eigenvalue weighted by Crippen LogP contribution is -2.49. The molecule has 2 atom stereocenters. The lowest BCUT2D eigenvalue weighted by atomic mass is 10.1. The Hall–Kier alpha value is -1.10. The van der Waals surface area contributed by atoms with Crippen LogP contribution < -0.4 is 10.6 Å². The number of ether oxygens (including phenoxy) is 1. The zero-order valence-electron chi connectivity index (χ0n) is 9.91. The van der Waals surface area contributed by atoms with Gasteiger partial charge in [-0.05, 0) is 25.7 Å². The monoisotopic (exact) mass is 228 g/mol. The van der Waals surface area contributed by atoms with Crippen molar-refractivity contribution >= 4 is 11.8 Å². The first-order valence-electron chi connectivity index (χ1n) is 5.80. The van der Waals surface area contributed by atoms with Crippen molar-refractivity contribution in [2.75, 3.05) is 13.7 Å². The van der Waals surface area contributed by atoms with E-state index in [1.54, 1.807) is 0 Å². The van der Waals surface area contributed by atoms with E-state index >= 15 is 0 Å². The van der Waals surface area contributed by atoms with E-state index in [0.29, 0.717) is 19.4 Å². The Bertz CT molecular complexity index is 252. The SMILES string of the molecule is CCC(OC)C(=O)NC1CCCCNC1=O. The molecule has 2 unspecified atom stereocenters. The first kappa shape index (κ1) is 13.0. The standard InChI is InChI=1S/C11H20N2O3/c1-3-9(16-2)11(15)13-8-6-4-5-7-12-10(8)14/h8-9H,3-7H2,1-2H3,(H,12,14)(H,13,15). The van der Waals surface area contributed by atoms with E-state index in [-0.39, 0.29) is 11.8 Å². The summed E-state index contributed by atoms with van der Waals surface area (Å²) in [5, 5.41) is 5.52. The molecule has 0 aliphatic carbocycles. The minimum Gasteiger partial charge on any atom is -0.372 e. The molecule has 1 aliphatic heterocycles. The molecule has 2 amide bonds. The molecule has 1 fully saturated rings. The number of carbonyl (C=O) groups is 2. The summed E-state index contributed by atoms with van der Waals surface area (Å²) < 4.78 is 5.03. The fourth-order valence-corrected chi connectivity index (χ4v) is 1.80. The Morgan fingerprint density at radius 2 is 2.38 bits per heavy atom. The van der Waals surface area contributed by atoms with Crippen molar-refractivity contribution in [3.05, 3.63) is 0 Å². The Labute approximate surface area is 95.9 Å². The van der Waals surface area contributed by atoms with Gasteiger partial charge >= 0.3 is 0 Å². The van der Waals surface area contributed by atoms with Gasteiger partial charge in [0.25, 0.3) is 0 Å². The predicted octanol–water partition coefficient (Wildman–Crippen LogP) is 0.196. The summed E-state index contributed by atoms with van der Waals surface area (Å²) in [5.41, 5.74) is 0. The van der Waals surface area contributed by atoms with Crippen LogP contribution >= 0.6 is 0 Å². The van der Waals surface area contributed by atoms with Gasteiger partial charge in [-0.2, -0.15) is 0 Å². The van der Waals surface area contributed by atoms with Crippen molar-refractivity contribution in [2.24, 2.45) is 0 Å². The van der Waals surface area contributed by atoms with Crippen LogP contribution in [0, 0.1) is 0 Å². The number of amides is 2. The van der Waals surface area contributed by atoms with Gasteiger partial charge in [-0.3, -0.25) is 9.59 Å². The molecule has 0 spiro atoms. The molecular weight excluding hydrogens is 208 g/mol. The molecule has 1 heterocycles. The van der Waals surface area contributed by atoms with Gasteiger partial charge in [-0.1, -0.05) is 6.92 Å². The second-order valence-electron chi connectivity index (χ2n) is 3.98. The van der Waals surface area contributed by atoms with Gasteiger partial charge in [0.15, 0.2) is 0 Å². The van der Waals surface area contributed by atoms with Crippen LogP contribution in [-0.4, -0.2) is 37.6 Å². The maximum Gasteiger partial charge on any atom is 0.249 e. The third-order valence-corrected chi connectivity index (χ3v) is 2.80. The smallest absolute Gasteiger partial charge is 0.249 e. The molecule has 92 valence electrons. The van der Waals surface area contributed by atoms with Gasteiger partial charge in [0.2, 0.25) is 11.8 Å². The predicted molar refractivity (Wildman–Crippen MR) is 59.9 cm³/mol. The number of nitrogens with one attached hydrogen (secondary N) is 2. The van der Waals surface area contributed by atoms with E-state index in [2.05, 4.69) is 10.6 Å². The van der Waals surface area contributed by atoms with Crippen molar-refractivity contribution in [3.8, 4) is 0 Å². The van der Waals surface area contributed by atoms with E-state index in [0.717, 1.165) is 12.8 Å². The van der Waals surface area contributed by atoms with Crippen LogP contribution in [0.2, 0.25) is 0 Å². The van der Waals surface area contributed by atoms with Crippen LogP contribution in [0.4, 0.5) is 0 Å². The van der Waals surface area contributed by atoms with Crippen molar-refractivity contribution in [1.82, 2.24) is 10.6 Å². The third-order valence-electron chi connectivity index (χ3n) is 2.80. The molecule has 0 aromatic rings. The van der Waals surface area contributed by atoms with Gasteiger partial charge in [-0.25, -0.2) is 0 Å². The maximum atomic E-state index is 11.7. The van der Waals surface area contributed by atoms with E-state index < -0.39 is 12.1 Å². The topological polar surface area (TPSA) is 67.4 Å². The molecule has 5 nitrogen and oxygen atoms in total. The molecule has 0 aromatic carbocycles. The van der Waals surface area contributed by atoms with E-state index in [9.17, 15) is 9.59 Å². The molecule has 2 N–H and O–H groups in total. The highest BCUT2D eigenvalue weighted by molar-refractivity contribution is 5.89. The zero-order valence-corrected chi connectivity index (χ0v) is 9.91. The van der Waals surface area contributed by atoms with Crippen LogP contribution in [0.5, 0.6) is 0 Å². The molecule has 0 bridgehead atoms. The summed E-state index contributed by atoms with van der Waals surface area (Å²) in [6.45, 7) is 2.58. The fraction of sp³-hybridized carbons (Fsp3) is 0.818. The quantitative estimate of drug-likeness (QED) is 0.722. The average Bonchev–Trinajstić information content (AvgIpc) is 2.46.